The van der Waals surface area contributed by atoms with E-state index in [1.54, 1.807) is 0 Å². The van der Waals surface area contributed by atoms with Crippen molar-refractivity contribution in [1.82, 2.24) is 0 Å². The van der Waals surface area contributed by atoms with E-state index in [1.165, 1.54) is 0 Å². The third-order valence-corrected chi connectivity index (χ3v) is 6.76. The highest BCUT2D eigenvalue weighted by Crippen LogP contribution is 2.62. The Balaban J connectivity index is 6.82. The van der Waals surface area contributed by atoms with Crippen molar-refractivity contribution in [2.24, 2.45) is 0 Å². The number of hydrogen-bond donors (Lipinski definition) is 4. The lowest BCUT2D eigenvalue weighted by Gasteiger charge is -2.46. The fraction of sp³-hybridized carbons (Fsp3) is 1.00. The van der Waals surface area contributed by atoms with Gasteiger partial charge < -0.3 is 20.4 Å². The molecule has 0 radical (unpaired) electrons. The molecule has 0 aliphatic rings. The summed E-state index contributed by atoms with van der Waals surface area (Å²) in [5, 5.41) is 35.7. The van der Waals surface area contributed by atoms with Crippen LogP contribution in [-0.4, -0.2) is 73.4 Å². The van der Waals surface area contributed by atoms with Gasteiger partial charge in [-0.25, -0.2) is 0 Å². The molecule has 29 heavy (non-hydrogen) atoms. The number of aliphatic hydroxyl groups is 4. The summed E-state index contributed by atoms with van der Waals surface area (Å²) in [5.74, 6) is -47.4. The summed E-state index contributed by atoms with van der Waals surface area (Å²) in [4.78, 5) is 0. The molecule has 0 aromatic heterocycles. The van der Waals surface area contributed by atoms with E-state index in [0.717, 1.165) is 0 Å². The Morgan fingerprint density at radius 3 is 0.931 bits per heavy atom. The van der Waals surface area contributed by atoms with Crippen molar-refractivity contribution in [1.29, 1.82) is 0 Å². The van der Waals surface area contributed by atoms with E-state index in [9.17, 15) is 57.1 Å². The normalized spacial score (nSPS) is 17.0. The van der Waals surface area contributed by atoms with Crippen molar-refractivity contribution in [3.05, 3.63) is 0 Å². The third kappa shape index (κ3) is 3.66. The van der Waals surface area contributed by atoms with Gasteiger partial charge in [-0.05, 0) is 0 Å². The molecule has 0 aromatic rings. The fourth-order valence-corrected chi connectivity index (χ4v) is 3.14. The molecule has 0 heterocycles. The minimum atomic E-state index is -8.43. The number of alkyl halides is 13. The number of hydrogen-bond acceptors (Lipinski definition) is 4. The molecular formula is C8H4Cl3F13O4Si. The first-order valence-electron chi connectivity index (χ1n) is 5.92. The predicted molar refractivity (Wildman–Crippen MR) is 68.4 cm³/mol. The Morgan fingerprint density at radius 2 is 0.690 bits per heavy atom. The molecule has 0 unspecified atom stereocenters. The van der Waals surface area contributed by atoms with Crippen LogP contribution in [-0.2, 0) is 0 Å². The lowest BCUT2D eigenvalue weighted by molar-refractivity contribution is -0.482. The van der Waals surface area contributed by atoms with Crippen molar-refractivity contribution >= 4 is 39.2 Å². The van der Waals surface area contributed by atoms with Gasteiger partial charge in [-0.3, -0.25) is 0 Å². The largest absolute Gasteiger partial charge is 0.460 e. The second-order valence-corrected chi connectivity index (χ2v) is 13.7. The van der Waals surface area contributed by atoms with E-state index in [2.05, 4.69) is 33.2 Å². The maximum absolute atomic E-state index is 13.7. The average molecular weight is 546 g/mol. The van der Waals surface area contributed by atoms with Gasteiger partial charge >= 0.3 is 41.8 Å². The third-order valence-electron chi connectivity index (χ3n) is 3.25. The molecule has 0 aromatic carbocycles. The predicted octanol–water partition coefficient (Wildman–Crippen LogP) is 3.28. The van der Waals surface area contributed by atoms with Crippen molar-refractivity contribution < 1.29 is 77.5 Å². The highest BCUT2D eigenvalue weighted by Gasteiger charge is 2.94. The molecule has 0 aliphatic carbocycles. The van der Waals surface area contributed by atoms with Crippen LogP contribution in [0.4, 0.5) is 57.1 Å². The molecule has 4 N–H and O–H groups in total. The molecule has 0 fully saturated rings. The first-order chi connectivity index (χ1) is 12.0. The first-order valence-corrected chi connectivity index (χ1v) is 11.0. The van der Waals surface area contributed by atoms with Crippen molar-refractivity contribution in [2.75, 3.05) is 0 Å². The van der Waals surface area contributed by atoms with Crippen LogP contribution in [0.25, 0.3) is 0 Å². The molecular weight excluding hydrogens is 542 g/mol. The molecule has 0 rings (SSSR count). The van der Waals surface area contributed by atoms with E-state index in [4.69, 9.17) is 20.4 Å². The Kier molecular flexibility index (Phi) is 7.01. The van der Waals surface area contributed by atoms with Crippen LogP contribution < -0.4 is 0 Å². The molecule has 4 nitrogen and oxygen atoms in total. The molecule has 0 aliphatic heterocycles. The Bertz CT molecular complexity index is 579. The van der Waals surface area contributed by atoms with Gasteiger partial charge in [0.15, 0.2) is 0 Å². The van der Waals surface area contributed by atoms with Gasteiger partial charge in [0.25, 0.3) is 11.2 Å². The zero-order chi connectivity index (χ0) is 24.5. The standard InChI is InChI=1S/C8H4Cl3F13O4Si/c9-29(10,11)8(27,28)6(25,26)4(18,19)2(14,15)1(12,13)3(16,17)5(20,21)7(22,23)24/h25-28H. The quantitative estimate of drug-likeness (QED) is 0.171. The summed E-state index contributed by atoms with van der Waals surface area (Å²) in [6.45, 7) is 0. The van der Waals surface area contributed by atoms with Crippen LogP contribution in [0.3, 0.4) is 0 Å². The fourth-order valence-electron chi connectivity index (χ4n) is 1.40. The minimum Gasteiger partial charge on any atom is -0.361 e. The second kappa shape index (κ2) is 7.01. The highest BCUT2D eigenvalue weighted by molar-refractivity contribution is 7.65. The van der Waals surface area contributed by atoms with Gasteiger partial charge in [-0.15, -0.1) is 33.2 Å². The van der Waals surface area contributed by atoms with E-state index in [0.29, 0.717) is 0 Å². The van der Waals surface area contributed by atoms with Crippen LogP contribution in [0.1, 0.15) is 0 Å². The molecule has 21 heteroatoms. The van der Waals surface area contributed by atoms with E-state index >= 15 is 0 Å². The van der Waals surface area contributed by atoms with Crippen LogP contribution >= 0.6 is 33.2 Å². The first kappa shape index (κ1) is 29.0. The van der Waals surface area contributed by atoms with Gasteiger partial charge in [0.2, 0.25) is 0 Å². The summed E-state index contributed by atoms with van der Waals surface area (Å²) in [5.41, 5.74) is -5.49. The van der Waals surface area contributed by atoms with Crippen molar-refractivity contribution in [2.45, 2.75) is 47.0 Å². The van der Waals surface area contributed by atoms with Crippen molar-refractivity contribution in [3.8, 4) is 0 Å². The highest BCUT2D eigenvalue weighted by atomic mass is 35.8. The lowest BCUT2D eigenvalue weighted by Crippen LogP contribution is -2.80. The van der Waals surface area contributed by atoms with Gasteiger partial charge in [0.05, 0.1) is 0 Å². The van der Waals surface area contributed by atoms with Crippen LogP contribution in [0.5, 0.6) is 0 Å². The second-order valence-electron chi connectivity index (χ2n) is 5.21. The molecule has 0 saturated heterocycles. The summed E-state index contributed by atoms with van der Waals surface area (Å²) in [7, 11) is 0. The van der Waals surface area contributed by atoms with E-state index in [1.807, 2.05) is 0 Å². The van der Waals surface area contributed by atoms with E-state index < -0.39 is 53.0 Å². The summed E-state index contributed by atoms with van der Waals surface area (Å²) in [6.07, 6.45) is -7.69. The number of rotatable bonds is 7. The molecule has 0 amide bonds. The summed E-state index contributed by atoms with van der Waals surface area (Å²) < 4.78 is 168. The monoisotopic (exact) mass is 544 g/mol. The molecule has 176 valence electrons. The average Bonchev–Trinajstić information content (AvgIpc) is 2.43. The van der Waals surface area contributed by atoms with Gasteiger partial charge in [0, 0.05) is 0 Å². The van der Waals surface area contributed by atoms with Gasteiger partial charge in [-0.1, -0.05) is 0 Å². The zero-order valence-corrected chi connectivity index (χ0v) is 15.6. The van der Waals surface area contributed by atoms with Crippen LogP contribution in [0.15, 0.2) is 0 Å². The Labute approximate surface area is 164 Å². The van der Waals surface area contributed by atoms with Gasteiger partial charge in [-0.2, -0.15) is 57.1 Å². The maximum atomic E-state index is 13.7. The molecule has 0 spiro atoms. The number of halogens is 16. The minimum absolute atomic E-state index is 4.67. The lowest BCUT2D eigenvalue weighted by atomic mass is 9.89. The van der Waals surface area contributed by atoms with Crippen LogP contribution in [0, 0.1) is 0 Å². The SMILES string of the molecule is OC(O)(C(F)(F)C(F)(F)C(F)(F)C(F)(F)C(F)(F)C(F)(F)F)C(O)(O)[Si](Cl)(Cl)Cl. The Hall–Kier alpha value is 0.0169. The maximum Gasteiger partial charge on any atom is 0.460 e. The van der Waals surface area contributed by atoms with Crippen molar-refractivity contribution in [3.63, 3.8) is 0 Å². The summed E-state index contributed by atoms with van der Waals surface area (Å²) >= 11 is 14.0. The topological polar surface area (TPSA) is 80.9 Å². The molecule has 0 atom stereocenters. The van der Waals surface area contributed by atoms with E-state index in [-0.39, 0.29) is 0 Å². The van der Waals surface area contributed by atoms with Gasteiger partial charge in [0.1, 0.15) is 0 Å². The Morgan fingerprint density at radius 1 is 0.448 bits per heavy atom. The van der Waals surface area contributed by atoms with Crippen LogP contribution in [0.2, 0.25) is 0 Å². The zero-order valence-electron chi connectivity index (χ0n) is 12.3. The molecule has 0 bridgehead atoms. The molecule has 0 saturated carbocycles. The summed E-state index contributed by atoms with van der Waals surface area (Å²) in [6, 6.07) is -5.93. The smallest absolute Gasteiger partial charge is 0.361 e.